The van der Waals surface area contributed by atoms with Crippen LogP contribution in [0.4, 0.5) is 0 Å². The Balaban J connectivity index is 1.35. The molecular formula is C18H26N4O2. The summed E-state index contributed by atoms with van der Waals surface area (Å²) in [4.78, 5) is 19.0. The third-order valence-electron chi connectivity index (χ3n) is 5.57. The van der Waals surface area contributed by atoms with E-state index in [1.54, 1.807) is 0 Å². The van der Waals surface area contributed by atoms with E-state index in [-0.39, 0.29) is 18.1 Å². The second kappa shape index (κ2) is 6.67. The molecule has 1 aromatic heterocycles. The number of H-pyrrole nitrogens is 1. The number of ether oxygens (including phenoxy) is 1. The van der Waals surface area contributed by atoms with Gasteiger partial charge in [-0.25, -0.2) is 4.98 Å². The first kappa shape index (κ1) is 15.8. The zero-order valence-corrected chi connectivity index (χ0v) is 14.3. The Morgan fingerprint density at radius 2 is 2.38 bits per heavy atom. The van der Waals surface area contributed by atoms with Gasteiger partial charge >= 0.3 is 0 Å². The van der Waals surface area contributed by atoms with E-state index >= 15 is 0 Å². The van der Waals surface area contributed by atoms with Gasteiger partial charge in [0.05, 0.1) is 6.10 Å². The smallest absolute Gasteiger partial charge is 0.226 e. The number of allylic oxidation sites excluding steroid dienone is 1. The van der Waals surface area contributed by atoms with Crippen molar-refractivity contribution < 1.29 is 9.53 Å². The highest BCUT2D eigenvalue weighted by molar-refractivity contribution is 5.79. The average molecular weight is 330 g/mol. The number of carbonyl (C=O) groups excluding carboxylic acids is 1. The van der Waals surface area contributed by atoms with Crippen molar-refractivity contribution in [2.24, 2.45) is 5.92 Å². The van der Waals surface area contributed by atoms with Crippen molar-refractivity contribution in [1.29, 1.82) is 0 Å². The van der Waals surface area contributed by atoms with Gasteiger partial charge in [0.15, 0.2) is 5.82 Å². The summed E-state index contributed by atoms with van der Waals surface area (Å²) in [5.41, 5.74) is 1.33. The molecule has 0 saturated carbocycles. The second-order valence-electron chi connectivity index (χ2n) is 7.35. The summed E-state index contributed by atoms with van der Waals surface area (Å²) in [6.45, 7) is 3.48. The third kappa shape index (κ3) is 3.24. The molecule has 0 aromatic carbocycles. The number of aryl methyl sites for hydroxylation is 1. The van der Waals surface area contributed by atoms with Crippen molar-refractivity contribution >= 4 is 5.91 Å². The minimum Gasteiger partial charge on any atom is -0.365 e. The van der Waals surface area contributed by atoms with Crippen LogP contribution < -0.4 is 0 Å². The molecule has 0 spiro atoms. The maximum Gasteiger partial charge on any atom is 0.226 e. The predicted octanol–water partition coefficient (Wildman–Crippen LogP) is 2.68. The number of nitrogens with zero attached hydrogens (tertiary/aromatic N) is 3. The standard InChI is InChI=1S/C18H26N4O2/c1-12-19-18(21-20-12)15-10-14-7-8-22(11-16(14)24-15)17(23)9-13-5-3-2-4-6-13/h5,14-16H,2-4,6-11H2,1H3,(H,19,20,21)/t14-,15+,16+/m0/s1. The molecule has 1 aliphatic carbocycles. The Morgan fingerprint density at radius 3 is 3.12 bits per heavy atom. The minimum atomic E-state index is -0.0268. The molecule has 6 nitrogen and oxygen atoms in total. The average Bonchev–Trinajstić information content (AvgIpc) is 3.20. The minimum absolute atomic E-state index is 0.0268. The Kier molecular flexibility index (Phi) is 4.39. The van der Waals surface area contributed by atoms with E-state index in [1.165, 1.54) is 18.4 Å². The lowest BCUT2D eigenvalue weighted by Crippen LogP contribution is -2.45. The number of nitrogens with one attached hydrogen (secondary N) is 1. The van der Waals surface area contributed by atoms with Crippen LogP contribution in [0.5, 0.6) is 0 Å². The quantitative estimate of drug-likeness (QED) is 0.865. The molecule has 1 N–H and O–H groups in total. The van der Waals surface area contributed by atoms with Gasteiger partial charge in [0.25, 0.3) is 0 Å². The molecule has 0 unspecified atom stereocenters. The molecule has 24 heavy (non-hydrogen) atoms. The van der Waals surface area contributed by atoms with Gasteiger partial charge in [-0.2, -0.15) is 5.10 Å². The van der Waals surface area contributed by atoms with Gasteiger partial charge in [-0.15, -0.1) is 0 Å². The number of piperidine rings is 1. The van der Waals surface area contributed by atoms with Crippen LogP contribution in [0.2, 0.25) is 0 Å². The van der Waals surface area contributed by atoms with Crippen molar-refractivity contribution in [1.82, 2.24) is 20.1 Å². The molecule has 0 radical (unpaired) electrons. The van der Waals surface area contributed by atoms with Crippen LogP contribution in [0.1, 0.15) is 62.7 Å². The molecule has 6 heteroatoms. The SMILES string of the molecule is Cc1nc([C@H]2C[C@@H]3CCN(C(=O)CC4=CCCCC4)C[C@H]3O2)n[nH]1. The second-order valence-corrected chi connectivity index (χ2v) is 7.35. The third-order valence-corrected chi connectivity index (χ3v) is 5.57. The van der Waals surface area contributed by atoms with E-state index in [9.17, 15) is 4.79 Å². The number of aromatic nitrogens is 3. The van der Waals surface area contributed by atoms with Gasteiger partial charge in [-0.1, -0.05) is 11.6 Å². The van der Waals surface area contributed by atoms with E-state index in [2.05, 4.69) is 21.3 Å². The first-order chi connectivity index (χ1) is 11.7. The fraction of sp³-hybridized carbons (Fsp3) is 0.722. The summed E-state index contributed by atoms with van der Waals surface area (Å²) in [6.07, 6.45) is 9.68. The van der Waals surface area contributed by atoms with E-state index in [4.69, 9.17) is 4.74 Å². The summed E-state index contributed by atoms with van der Waals surface area (Å²) in [6, 6.07) is 0. The number of fused-ring (bicyclic) bond motifs is 1. The summed E-state index contributed by atoms with van der Waals surface area (Å²) in [5, 5.41) is 7.13. The van der Waals surface area contributed by atoms with Gasteiger partial charge in [0.1, 0.15) is 11.9 Å². The summed E-state index contributed by atoms with van der Waals surface area (Å²) < 4.78 is 6.18. The number of rotatable bonds is 3. The Morgan fingerprint density at radius 1 is 1.46 bits per heavy atom. The number of amides is 1. The lowest BCUT2D eigenvalue weighted by Gasteiger charge is -2.34. The number of likely N-dealkylation sites (tertiary alicyclic amines) is 1. The van der Waals surface area contributed by atoms with Crippen molar-refractivity contribution in [2.75, 3.05) is 13.1 Å². The molecule has 3 atom stereocenters. The summed E-state index contributed by atoms with van der Waals surface area (Å²) >= 11 is 0. The number of hydrogen-bond donors (Lipinski definition) is 1. The number of hydrogen-bond acceptors (Lipinski definition) is 4. The highest BCUT2D eigenvalue weighted by Gasteiger charge is 2.41. The van der Waals surface area contributed by atoms with E-state index in [0.29, 0.717) is 12.3 Å². The Bertz CT molecular complexity index is 639. The summed E-state index contributed by atoms with van der Waals surface area (Å²) in [7, 11) is 0. The number of carbonyl (C=O) groups is 1. The Labute approximate surface area is 142 Å². The van der Waals surface area contributed by atoms with Crippen molar-refractivity contribution in [2.45, 2.75) is 64.1 Å². The molecule has 4 rings (SSSR count). The van der Waals surface area contributed by atoms with Gasteiger partial charge in [0.2, 0.25) is 5.91 Å². The zero-order chi connectivity index (χ0) is 16.5. The van der Waals surface area contributed by atoms with E-state index < -0.39 is 0 Å². The van der Waals surface area contributed by atoms with E-state index in [1.807, 2.05) is 11.8 Å². The summed E-state index contributed by atoms with van der Waals surface area (Å²) in [5.74, 6) is 2.36. The monoisotopic (exact) mass is 330 g/mol. The van der Waals surface area contributed by atoms with Crippen LogP contribution in [0, 0.1) is 12.8 Å². The van der Waals surface area contributed by atoms with E-state index in [0.717, 1.165) is 50.4 Å². The molecule has 3 aliphatic rings. The molecule has 0 bridgehead atoms. The van der Waals surface area contributed by atoms with Gasteiger partial charge < -0.3 is 9.64 Å². The first-order valence-corrected chi connectivity index (χ1v) is 9.19. The lowest BCUT2D eigenvalue weighted by atomic mass is 9.91. The molecule has 3 heterocycles. The molecule has 2 saturated heterocycles. The molecule has 130 valence electrons. The molecule has 1 amide bonds. The van der Waals surface area contributed by atoms with Crippen LogP contribution in [-0.2, 0) is 9.53 Å². The van der Waals surface area contributed by atoms with Crippen molar-refractivity contribution in [3.05, 3.63) is 23.3 Å². The fourth-order valence-electron chi connectivity index (χ4n) is 4.20. The maximum atomic E-state index is 12.6. The van der Waals surface area contributed by atoms with Crippen LogP contribution in [-0.4, -0.2) is 45.2 Å². The van der Waals surface area contributed by atoms with Crippen LogP contribution >= 0.6 is 0 Å². The number of aromatic amines is 1. The normalized spacial score (nSPS) is 30.1. The lowest BCUT2D eigenvalue weighted by molar-refractivity contribution is -0.135. The molecule has 1 aromatic rings. The topological polar surface area (TPSA) is 71.1 Å². The van der Waals surface area contributed by atoms with Crippen molar-refractivity contribution in [3.63, 3.8) is 0 Å². The van der Waals surface area contributed by atoms with Gasteiger partial charge in [-0.3, -0.25) is 9.89 Å². The maximum absolute atomic E-state index is 12.6. The Hall–Kier alpha value is -1.69. The van der Waals surface area contributed by atoms with Gasteiger partial charge in [0, 0.05) is 19.5 Å². The van der Waals surface area contributed by atoms with Gasteiger partial charge in [-0.05, 0) is 51.4 Å². The van der Waals surface area contributed by atoms with Crippen LogP contribution in [0.25, 0.3) is 0 Å². The fourth-order valence-corrected chi connectivity index (χ4v) is 4.20. The molecular weight excluding hydrogens is 304 g/mol. The highest BCUT2D eigenvalue weighted by atomic mass is 16.5. The largest absolute Gasteiger partial charge is 0.365 e. The predicted molar refractivity (Wildman–Crippen MR) is 89.2 cm³/mol. The van der Waals surface area contributed by atoms with Crippen molar-refractivity contribution in [3.8, 4) is 0 Å². The first-order valence-electron chi connectivity index (χ1n) is 9.19. The van der Waals surface area contributed by atoms with Crippen LogP contribution in [0.3, 0.4) is 0 Å². The molecule has 2 aliphatic heterocycles. The van der Waals surface area contributed by atoms with Crippen LogP contribution in [0.15, 0.2) is 11.6 Å². The highest BCUT2D eigenvalue weighted by Crippen LogP contribution is 2.40. The zero-order valence-electron chi connectivity index (χ0n) is 14.3. The molecule has 2 fully saturated rings.